The Morgan fingerprint density at radius 2 is 2.06 bits per heavy atom. The van der Waals surface area contributed by atoms with Crippen LogP contribution in [0.25, 0.3) is 0 Å². The summed E-state index contributed by atoms with van der Waals surface area (Å²) in [6, 6.07) is 7.97. The Morgan fingerprint density at radius 3 is 2.61 bits per heavy atom. The van der Waals surface area contributed by atoms with E-state index in [4.69, 9.17) is 0 Å². The first-order chi connectivity index (χ1) is 8.28. The number of carbonyl (C=O) groups excluding carboxylic acids is 1. The van der Waals surface area contributed by atoms with Gasteiger partial charge >= 0.3 is 0 Å². The molecule has 4 heteroatoms. The van der Waals surface area contributed by atoms with Gasteiger partial charge in [-0.15, -0.1) is 0 Å². The van der Waals surface area contributed by atoms with Gasteiger partial charge in [0.1, 0.15) is 0 Å². The number of rotatable bonds is 4. The Labute approximate surface area is 117 Å². The number of amides is 1. The zero-order chi connectivity index (χ0) is 13.8. The van der Waals surface area contributed by atoms with Gasteiger partial charge in [0, 0.05) is 10.0 Å². The molecule has 1 amide bonds. The minimum atomic E-state index is -0.0453. The number of halogens is 1. The van der Waals surface area contributed by atoms with E-state index in [9.17, 15) is 4.79 Å². The van der Waals surface area contributed by atoms with Crippen LogP contribution in [0.3, 0.4) is 0 Å². The number of carbonyl (C=O) groups is 1. The largest absolute Gasteiger partial charge is 0.348 e. The van der Waals surface area contributed by atoms with Gasteiger partial charge in [0.2, 0.25) is 5.91 Å². The van der Waals surface area contributed by atoms with Gasteiger partial charge in [0.25, 0.3) is 0 Å². The summed E-state index contributed by atoms with van der Waals surface area (Å²) < 4.78 is 1.02. The third-order valence-corrected chi connectivity index (χ3v) is 3.00. The van der Waals surface area contributed by atoms with E-state index in [2.05, 4.69) is 26.6 Å². The van der Waals surface area contributed by atoms with Crippen LogP contribution in [0.2, 0.25) is 0 Å². The fourth-order valence-electron chi connectivity index (χ4n) is 1.50. The van der Waals surface area contributed by atoms with Crippen LogP contribution < -0.4 is 10.6 Å². The number of benzene rings is 1. The number of hydrogen-bond donors (Lipinski definition) is 2. The minimum absolute atomic E-state index is 0.0109. The summed E-state index contributed by atoms with van der Waals surface area (Å²) in [7, 11) is 0. The highest BCUT2D eigenvalue weighted by atomic mass is 79.9. The van der Waals surface area contributed by atoms with E-state index >= 15 is 0 Å². The van der Waals surface area contributed by atoms with Crippen LogP contribution in [0.15, 0.2) is 28.7 Å². The molecule has 18 heavy (non-hydrogen) atoms. The molecular weight excluding hydrogens is 292 g/mol. The van der Waals surface area contributed by atoms with Gasteiger partial charge in [0.15, 0.2) is 0 Å². The van der Waals surface area contributed by atoms with E-state index in [1.54, 1.807) is 0 Å². The third-order valence-electron chi connectivity index (χ3n) is 2.51. The molecule has 0 heterocycles. The zero-order valence-corrected chi connectivity index (χ0v) is 13.0. The molecule has 1 rings (SSSR count). The molecule has 0 aliphatic heterocycles. The van der Waals surface area contributed by atoms with Gasteiger partial charge in [-0.25, -0.2) is 0 Å². The van der Waals surface area contributed by atoms with Crippen molar-refractivity contribution in [2.75, 3.05) is 6.54 Å². The molecule has 0 aromatic heterocycles. The van der Waals surface area contributed by atoms with Crippen molar-refractivity contribution >= 4 is 21.8 Å². The van der Waals surface area contributed by atoms with E-state index in [0.29, 0.717) is 6.54 Å². The summed E-state index contributed by atoms with van der Waals surface area (Å²) in [5.74, 6) is 0.0115. The maximum atomic E-state index is 11.8. The molecule has 0 spiro atoms. The standard InChI is InChI=1S/C14H21BrN2O/c1-10(11-6-5-7-12(15)8-11)17-13(18)9-16-14(2,3)4/h5-8,10,16H,9H2,1-4H3,(H,17,18)/t10-/m0/s1. The van der Waals surface area contributed by atoms with E-state index in [-0.39, 0.29) is 17.5 Å². The Hall–Kier alpha value is -0.870. The van der Waals surface area contributed by atoms with Crippen molar-refractivity contribution in [1.82, 2.24) is 10.6 Å². The molecule has 1 atom stereocenters. The van der Waals surface area contributed by atoms with Gasteiger partial charge in [-0.3, -0.25) is 4.79 Å². The molecule has 0 radical (unpaired) electrons. The molecule has 0 unspecified atom stereocenters. The highest BCUT2D eigenvalue weighted by molar-refractivity contribution is 9.10. The lowest BCUT2D eigenvalue weighted by Gasteiger charge is -2.21. The second-order valence-corrected chi connectivity index (χ2v) is 6.36. The smallest absolute Gasteiger partial charge is 0.234 e. The van der Waals surface area contributed by atoms with Crippen LogP contribution in [-0.4, -0.2) is 18.0 Å². The quantitative estimate of drug-likeness (QED) is 0.897. The van der Waals surface area contributed by atoms with Crippen molar-refractivity contribution in [3.63, 3.8) is 0 Å². The van der Waals surface area contributed by atoms with Crippen LogP contribution in [-0.2, 0) is 4.79 Å². The summed E-state index contributed by atoms with van der Waals surface area (Å²) in [5, 5.41) is 6.14. The summed E-state index contributed by atoms with van der Waals surface area (Å²) in [5.41, 5.74) is 1.05. The predicted octanol–water partition coefficient (Wildman–Crippen LogP) is 3.01. The first-order valence-corrected chi connectivity index (χ1v) is 6.87. The third kappa shape index (κ3) is 5.65. The normalized spacial score (nSPS) is 13.2. The van der Waals surface area contributed by atoms with Crippen LogP contribution in [0, 0.1) is 0 Å². The van der Waals surface area contributed by atoms with Crippen molar-refractivity contribution in [3.8, 4) is 0 Å². The van der Waals surface area contributed by atoms with Crippen LogP contribution in [0.4, 0.5) is 0 Å². The van der Waals surface area contributed by atoms with Crippen molar-refractivity contribution in [2.24, 2.45) is 0 Å². The lowest BCUT2D eigenvalue weighted by molar-refractivity contribution is -0.121. The summed E-state index contributed by atoms with van der Waals surface area (Å²) >= 11 is 3.43. The van der Waals surface area contributed by atoms with E-state index in [1.807, 2.05) is 52.0 Å². The highest BCUT2D eigenvalue weighted by Crippen LogP contribution is 2.17. The summed E-state index contributed by atoms with van der Waals surface area (Å²) in [6.45, 7) is 8.44. The maximum absolute atomic E-state index is 11.8. The van der Waals surface area contributed by atoms with E-state index < -0.39 is 0 Å². The van der Waals surface area contributed by atoms with Gasteiger partial charge < -0.3 is 10.6 Å². The molecule has 3 nitrogen and oxygen atoms in total. The Bertz CT molecular complexity index is 413. The number of hydrogen-bond acceptors (Lipinski definition) is 2. The molecule has 0 saturated heterocycles. The molecule has 0 saturated carbocycles. The van der Waals surface area contributed by atoms with Gasteiger partial charge in [-0.1, -0.05) is 28.1 Å². The molecular formula is C14H21BrN2O. The van der Waals surface area contributed by atoms with Crippen molar-refractivity contribution in [2.45, 2.75) is 39.3 Å². The summed E-state index contributed by atoms with van der Waals surface area (Å²) in [4.78, 5) is 11.8. The Kier molecular flexibility index (Phi) is 5.35. The maximum Gasteiger partial charge on any atom is 0.234 e. The molecule has 1 aromatic carbocycles. The van der Waals surface area contributed by atoms with E-state index in [0.717, 1.165) is 10.0 Å². The van der Waals surface area contributed by atoms with Crippen molar-refractivity contribution < 1.29 is 4.79 Å². The average molecular weight is 313 g/mol. The van der Waals surface area contributed by atoms with Gasteiger partial charge in [0.05, 0.1) is 12.6 Å². The zero-order valence-electron chi connectivity index (χ0n) is 11.4. The topological polar surface area (TPSA) is 41.1 Å². The van der Waals surface area contributed by atoms with E-state index in [1.165, 1.54) is 0 Å². The lowest BCUT2D eigenvalue weighted by Crippen LogP contribution is -2.43. The van der Waals surface area contributed by atoms with Crippen LogP contribution in [0.5, 0.6) is 0 Å². The second kappa shape index (κ2) is 6.34. The number of nitrogens with one attached hydrogen (secondary N) is 2. The average Bonchev–Trinajstić information content (AvgIpc) is 2.25. The molecule has 1 aromatic rings. The molecule has 0 bridgehead atoms. The Balaban J connectivity index is 2.50. The fourth-order valence-corrected chi connectivity index (χ4v) is 1.91. The molecule has 100 valence electrons. The van der Waals surface area contributed by atoms with Crippen molar-refractivity contribution in [3.05, 3.63) is 34.3 Å². The van der Waals surface area contributed by atoms with Gasteiger partial charge in [-0.05, 0) is 45.4 Å². The molecule has 0 aliphatic rings. The van der Waals surface area contributed by atoms with Crippen molar-refractivity contribution in [1.29, 1.82) is 0 Å². The SMILES string of the molecule is C[C@H](NC(=O)CNC(C)(C)C)c1cccc(Br)c1. The minimum Gasteiger partial charge on any atom is -0.348 e. The lowest BCUT2D eigenvalue weighted by atomic mass is 10.1. The molecule has 0 aliphatic carbocycles. The summed E-state index contributed by atoms with van der Waals surface area (Å²) in [6.07, 6.45) is 0. The first kappa shape index (κ1) is 15.2. The predicted molar refractivity (Wildman–Crippen MR) is 78.5 cm³/mol. The molecule has 2 N–H and O–H groups in total. The monoisotopic (exact) mass is 312 g/mol. The fraction of sp³-hybridized carbons (Fsp3) is 0.500. The highest BCUT2D eigenvalue weighted by Gasteiger charge is 2.13. The second-order valence-electron chi connectivity index (χ2n) is 5.45. The first-order valence-electron chi connectivity index (χ1n) is 6.08. The van der Waals surface area contributed by atoms with Gasteiger partial charge in [-0.2, -0.15) is 0 Å². The molecule has 0 fully saturated rings. The van der Waals surface area contributed by atoms with Crippen LogP contribution in [0.1, 0.15) is 39.3 Å². The Morgan fingerprint density at radius 1 is 1.39 bits per heavy atom. The van der Waals surface area contributed by atoms with Crippen LogP contribution >= 0.6 is 15.9 Å².